The van der Waals surface area contributed by atoms with Gasteiger partial charge in [0.05, 0.1) is 4.92 Å². The molecule has 124 valence electrons. The van der Waals surface area contributed by atoms with E-state index >= 15 is 0 Å². The molecule has 1 aliphatic rings. The number of benzene rings is 2. The third-order valence-electron chi connectivity index (χ3n) is 4.17. The minimum atomic E-state index is -0.422. The molecular weight excluding hydrogens is 308 g/mol. The zero-order valence-corrected chi connectivity index (χ0v) is 13.6. The number of non-ortho nitro benzene ring substituents is 1. The Hall–Kier alpha value is -2.89. The maximum atomic E-state index is 12.5. The number of carbonyl (C=O) groups excluding carboxylic acids is 1. The first-order chi connectivity index (χ1) is 11.5. The summed E-state index contributed by atoms with van der Waals surface area (Å²) in [6, 6.07) is 10.5. The number of ether oxygens (including phenoxy) is 1. The number of rotatable bonds is 4. The third-order valence-corrected chi connectivity index (χ3v) is 4.17. The maximum absolute atomic E-state index is 12.5. The number of nitro groups is 1. The molecule has 3 rings (SSSR count). The maximum Gasteiger partial charge on any atom is 0.269 e. The number of amides is 1. The molecule has 6 heteroatoms. The first-order valence-corrected chi connectivity index (χ1v) is 7.73. The molecule has 0 saturated heterocycles. The Morgan fingerprint density at radius 1 is 1.25 bits per heavy atom. The summed E-state index contributed by atoms with van der Waals surface area (Å²) in [5.74, 6) is 0.551. The summed E-state index contributed by atoms with van der Waals surface area (Å²) in [6.45, 7) is 4.37. The molecule has 1 heterocycles. The summed E-state index contributed by atoms with van der Waals surface area (Å²) in [4.78, 5) is 24.5. The average molecular weight is 326 g/mol. The van der Waals surface area contributed by atoms with Gasteiger partial charge in [-0.3, -0.25) is 14.9 Å². The van der Waals surface area contributed by atoms with Crippen LogP contribution in [0.2, 0.25) is 0 Å². The molecule has 6 nitrogen and oxygen atoms in total. The number of aryl methyl sites for hydroxylation is 2. The van der Waals surface area contributed by atoms with E-state index in [4.69, 9.17) is 4.74 Å². The highest BCUT2D eigenvalue weighted by molar-refractivity contribution is 5.96. The van der Waals surface area contributed by atoms with Crippen molar-refractivity contribution in [3.63, 3.8) is 0 Å². The van der Waals surface area contributed by atoms with E-state index in [0.717, 1.165) is 22.4 Å². The fourth-order valence-corrected chi connectivity index (χ4v) is 2.84. The van der Waals surface area contributed by atoms with Crippen LogP contribution in [-0.2, 0) is 11.2 Å². The lowest BCUT2D eigenvalue weighted by Gasteiger charge is -2.18. The second-order valence-corrected chi connectivity index (χ2v) is 5.92. The van der Waals surface area contributed by atoms with Gasteiger partial charge in [0, 0.05) is 24.4 Å². The first-order valence-electron chi connectivity index (χ1n) is 7.73. The van der Waals surface area contributed by atoms with E-state index in [0.29, 0.717) is 18.7 Å². The first kappa shape index (κ1) is 16.0. The lowest BCUT2D eigenvalue weighted by Crippen LogP contribution is -2.33. The van der Waals surface area contributed by atoms with Gasteiger partial charge in [0.1, 0.15) is 5.75 Å². The zero-order chi connectivity index (χ0) is 17.3. The van der Waals surface area contributed by atoms with Gasteiger partial charge in [0.2, 0.25) is 0 Å². The van der Waals surface area contributed by atoms with Crippen molar-refractivity contribution >= 4 is 17.3 Å². The number of fused-ring (bicyclic) bond motifs is 1. The van der Waals surface area contributed by atoms with Crippen LogP contribution in [0.4, 0.5) is 11.4 Å². The summed E-state index contributed by atoms with van der Waals surface area (Å²) in [6.07, 6.45) is 0.617. The molecule has 2 aromatic rings. The second-order valence-electron chi connectivity index (χ2n) is 5.92. The molecule has 0 atom stereocenters. The van der Waals surface area contributed by atoms with Gasteiger partial charge >= 0.3 is 0 Å². The molecule has 0 spiro atoms. The van der Waals surface area contributed by atoms with Crippen LogP contribution in [0.1, 0.15) is 16.7 Å². The predicted molar refractivity (Wildman–Crippen MR) is 90.6 cm³/mol. The van der Waals surface area contributed by atoms with Gasteiger partial charge in [-0.05, 0) is 49.1 Å². The average Bonchev–Trinajstić information content (AvgIpc) is 2.98. The van der Waals surface area contributed by atoms with Crippen LogP contribution in [0, 0.1) is 24.0 Å². The van der Waals surface area contributed by atoms with Crippen molar-refractivity contribution in [3.8, 4) is 5.75 Å². The molecule has 24 heavy (non-hydrogen) atoms. The van der Waals surface area contributed by atoms with Gasteiger partial charge in [0.15, 0.2) is 6.61 Å². The van der Waals surface area contributed by atoms with Crippen LogP contribution in [0.15, 0.2) is 36.4 Å². The van der Waals surface area contributed by atoms with Crippen LogP contribution in [0.3, 0.4) is 0 Å². The fourth-order valence-electron chi connectivity index (χ4n) is 2.84. The summed E-state index contributed by atoms with van der Waals surface area (Å²) in [7, 11) is 0. The number of hydrogen-bond acceptors (Lipinski definition) is 4. The number of anilines is 1. The van der Waals surface area contributed by atoms with Crippen molar-refractivity contribution in [3.05, 3.63) is 63.2 Å². The highest BCUT2D eigenvalue weighted by Crippen LogP contribution is 2.31. The van der Waals surface area contributed by atoms with Crippen molar-refractivity contribution in [1.29, 1.82) is 0 Å². The van der Waals surface area contributed by atoms with Crippen molar-refractivity contribution in [1.82, 2.24) is 0 Å². The molecule has 0 radical (unpaired) electrons. The minimum absolute atomic E-state index is 0.0506. The Balaban J connectivity index is 1.72. The van der Waals surface area contributed by atoms with Crippen LogP contribution in [0.5, 0.6) is 5.75 Å². The van der Waals surface area contributed by atoms with E-state index in [1.54, 1.807) is 11.0 Å². The van der Waals surface area contributed by atoms with E-state index in [2.05, 4.69) is 0 Å². The van der Waals surface area contributed by atoms with Crippen LogP contribution < -0.4 is 9.64 Å². The van der Waals surface area contributed by atoms with E-state index in [9.17, 15) is 14.9 Å². The molecule has 0 bridgehead atoms. The van der Waals surface area contributed by atoms with Crippen LogP contribution >= 0.6 is 0 Å². The summed E-state index contributed by atoms with van der Waals surface area (Å²) >= 11 is 0. The van der Waals surface area contributed by atoms with Gasteiger partial charge < -0.3 is 9.64 Å². The molecule has 0 fully saturated rings. The topological polar surface area (TPSA) is 72.7 Å². The zero-order valence-electron chi connectivity index (χ0n) is 13.6. The van der Waals surface area contributed by atoms with Gasteiger partial charge in [-0.25, -0.2) is 0 Å². The van der Waals surface area contributed by atoms with Crippen LogP contribution in [-0.4, -0.2) is 24.0 Å². The number of hydrogen-bond donors (Lipinski definition) is 0. The SMILES string of the molecule is Cc1ccc(C)c(OCC(=O)N2CCc3cc([N+](=O)[O-])ccc32)c1. The molecule has 0 saturated carbocycles. The lowest BCUT2D eigenvalue weighted by atomic mass is 10.1. The van der Waals surface area contributed by atoms with E-state index < -0.39 is 4.92 Å². The molecule has 2 aromatic carbocycles. The Morgan fingerprint density at radius 3 is 2.79 bits per heavy atom. The molecule has 1 aliphatic heterocycles. The number of carbonyl (C=O) groups is 1. The van der Waals surface area contributed by atoms with Gasteiger partial charge in [-0.1, -0.05) is 12.1 Å². The monoisotopic (exact) mass is 326 g/mol. The smallest absolute Gasteiger partial charge is 0.269 e. The molecular formula is C18H18N2O4. The summed E-state index contributed by atoms with van der Waals surface area (Å²) in [5, 5.41) is 10.8. The number of nitro benzene ring substituents is 1. The van der Waals surface area contributed by atoms with Crippen molar-refractivity contribution in [2.75, 3.05) is 18.1 Å². The number of nitrogens with zero attached hydrogens (tertiary/aromatic N) is 2. The fraction of sp³-hybridized carbons (Fsp3) is 0.278. The Bertz CT molecular complexity index is 817. The van der Waals surface area contributed by atoms with Gasteiger partial charge in [0.25, 0.3) is 11.6 Å². The summed E-state index contributed by atoms with van der Waals surface area (Å²) < 4.78 is 5.67. The quantitative estimate of drug-likeness (QED) is 0.639. The second kappa shape index (κ2) is 6.31. The molecule has 1 amide bonds. The van der Waals surface area contributed by atoms with E-state index in [1.807, 2.05) is 32.0 Å². The van der Waals surface area contributed by atoms with E-state index in [-0.39, 0.29) is 18.2 Å². The largest absolute Gasteiger partial charge is 0.483 e. The van der Waals surface area contributed by atoms with Crippen molar-refractivity contribution in [2.24, 2.45) is 0 Å². The molecule has 0 aromatic heterocycles. The standard InChI is InChI=1S/C18H18N2O4/c1-12-3-4-13(2)17(9-12)24-11-18(21)19-8-7-14-10-15(20(22)23)5-6-16(14)19/h3-6,9-10H,7-8,11H2,1-2H3. The molecule has 0 N–H and O–H groups in total. The van der Waals surface area contributed by atoms with Crippen molar-refractivity contribution in [2.45, 2.75) is 20.3 Å². The van der Waals surface area contributed by atoms with Gasteiger partial charge in [-0.2, -0.15) is 0 Å². The van der Waals surface area contributed by atoms with Gasteiger partial charge in [-0.15, -0.1) is 0 Å². The predicted octanol–water partition coefficient (Wildman–Crippen LogP) is 3.18. The lowest BCUT2D eigenvalue weighted by molar-refractivity contribution is -0.384. The van der Waals surface area contributed by atoms with Crippen LogP contribution in [0.25, 0.3) is 0 Å². The highest BCUT2D eigenvalue weighted by Gasteiger charge is 2.26. The third kappa shape index (κ3) is 3.08. The normalized spacial score (nSPS) is 12.8. The van der Waals surface area contributed by atoms with E-state index in [1.165, 1.54) is 12.1 Å². The Kier molecular flexibility index (Phi) is 4.20. The minimum Gasteiger partial charge on any atom is -0.483 e. The summed E-state index contributed by atoms with van der Waals surface area (Å²) in [5.41, 5.74) is 3.65. The molecule has 0 unspecified atom stereocenters. The Labute approximate surface area is 139 Å². The highest BCUT2D eigenvalue weighted by atomic mass is 16.6. The molecule has 0 aliphatic carbocycles. The van der Waals surface area contributed by atoms with Crippen molar-refractivity contribution < 1.29 is 14.5 Å². The Morgan fingerprint density at radius 2 is 2.04 bits per heavy atom.